The Balaban J connectivity index is 1.92. The molecule has 2 rings (SSSR count). The number of hydrogen-bond acceptors (Lipinski definition) is 2. The summed E-state index contributed by atoms with van der Waals surface area (Å²) in [7, 11) is 0. The summed E-state index contributed by atoms with van der Waals surface area (Å²) in [4.78, 5) is 11.5. The van der Waals surface area contributed by atoms with Gasteiger partial charge in [-0.05, 0) is 37.5 Å². The molecular formula is C11H14ClN3O. The van der Waals surface area contributed by atoms with Gasteiger partial charge in [0.2, 0.25) is 0 Å². The molecule has 1 aliphatic carbocycles. The van der Waals surface area contributed by atoms with Crippen molar-refractivity contribution in [2.75, 3.05) is 11.1 Å². The lowest BCUT2D eigenvalue weighted by Gasteiger charge is -2.26. The van der Waals surface area contributed by atoms with Crippen molar-refractivity contribution in [2.24, 2.45) is 0 Å². The van der Waals surface area contributed by atoms with Crippen molar-refractivity contribution < 1.29 is 4.79 Å². The molecule has 0 bridgehead atoms. The van der Waals surface area contributed by atoms with Crippen LogP contribution in [0.3, 0.4) is 0 Å². The Labute approximate surface area is 99.2 Å². The van der Waals surface area contributed by atoms with Crippen LogP contribution in [0.15, 0.2) is 18.2 Å². The zero-order chi connectivity index (χ0) is 11.5. The maximum Gasteiger partial charge on any atom is 0.319 e. The Hall–Kier alpha value is -1.42. The van der Waals surface area contributed by atoms with Gasteiger partial charge in [0.25, 0.3) is 0 Å². The second-order valence-corrected chi connectivity index (χ2v) is 4.37. The van der Waals surface area contributed by atoms with Gasteiger partial charge < -0.3 is 16.4 Å². The minimum absolute atomic E-state index is 0.188. The Morgan fingerprint density at radius 2 is 2.19 bits per heavy atom. The number of halogens is 1. The fourth-order valence-corrected chi connectivity index (χ4v) is 1.64. The van der Waals surface area contributed by atoms with Crippen molar-refractivity contribution in [2.45, 2.75) is 25.3 Å². The van der Waals surface area contributed by atoms with Crippen LogP contribution < -0.4 is 16.4 Å². The van der Waals surface area contributed by atoms with E-state index in [0.29, 0.717) is 22.4 Å². The molecule has 86 valence electrons. The van der Waals surface area contributed by atoms with Gasteiger partial charge in [0.05, 0.1) is 10.7 Å². The molecule has 0 spiro atoms. The van der Waals surface area contributed by atoms with Crippen LogP contribution in [0.2, 0.25) is 5.02 Å². The fraction of sp³-hybridized carbons (Fsp3) is 0.364. The molecule has 4 nitrogen and oxygen atoms in total. The largest absolute Gasteiger partial charge is 0.397 e. The van der Waals surface area contributed by atoms with Gasteiger partial charge in [-0.2, -0.15) is 0 Å². The monoisotopic (exact) mass is 239 g/mol. The second kappa shape index (κ2) is 4.61. The maximum atomic E-state index is 11.5. The lowest BCUT2D eigenvalue weighted by atomic mass is 9.93. The average Bonchev–Trinajstić information content (AvgIpc) is 2.18. The molecule has 0 aliphatic heterocycles. The van der Waals surface area contributed by atoms with E-state index in [1.807, 2.05) is 0 Å². The highest BCUT2D eigenvalue weighted by molar-refractivity contribution is 6.33. The van der Waals surface area contributed by atoms with Crippen LogP contribution in [-0.4, -0.2) is 12.1 Å². The van der Waals surface area contributed by atoms with Crippen LogP contribution in [0.5, 0.6) is 0 Å². The van der Waals surface area contributed by atoms with Crippen molar-refractivity contribution in [1.82, 2.24) is 5.32 Å². The number of carbonyl (C=O) groups is 1. The number of benzene rings is 1. The van der Waals surface area contributed by atoms with E-state index in [1.54, 1.807) is 18.2 Å². The number of anilines is 2. The number of nitrogens with one attached hydrogen (secondary N) is 2. The molecule has 4 N–H and O–H groups in total. The van der Waals surface area contributed by atoms with E-state index in [2.05, 4.69) is 10.6 Å². The van der Waals surface area contributed by atoms with E-state index < -0.39 is 0 Å². The van der Waals surface area contributed by atoms with Crippen LogP contribution in [0.4, 0.5) is 16.2 Å². The zero-order valence-electron chi connectivity index (χ0n) is 8.79. The average molecular weight is 240 g/mol. The lowest BCUT2D eigenvalue weighted by molar-refractivity contribution is 0.240. The molecule has 5 heteroatoms. The summed E-state index contributed by atoms with van der Waals surface area (Å²) >= 11 is 5.78. The van der Waals surface area contributed by atoms with Gasteiger partial charge in [-0.3, -0.25) is 0 Å². The summed E-state index contributed by atoms with van der Waals surface area (Å²) in [5.74, 6) is 0. The topological polar surface area (TPSA) is 67.1 Å². The van der Waals surface area contributed by atoms with E-state index in [9.17, 15) is 4.79 Å². The van der Waals surface area contributed by atoms with Crippen molar-refractivity contribution in [3.05, 3.63) is 23.2 Å². The van der Waals surface area contributed by atoms with E-state index in [-0.39, 0.29) is 6.03 Å². The molecule has 1 saturated carbocycles. The van der Waals surface area contributed by atoms with E-state index in [0.717, 1.165) is 12.8 Å². The summed E-state index contributed by atoms with van der Waals surface area (Å²) < 4.78 is 0. The zero-order valence-corrected chi connectivity index (χ0v) is 9.55. The summed E-state index contributed by atoms with van der Waals surface area (Å²) in [6.45, 7) is 0. The summed E-state index contributed by atoms with van der Waals surface area (Å²) in [5, 5.41) is 6.09. The van der Waals surface area contributed by atoms with Crippen LogP contribution in [0.25, 0.3) is 0 Å². The number of rotatable bonds is 2. The molecule has 1 fully saturated rings. The third-order valence-corrected chi connectivity index (χ3v) is 3.04. The lowest BCUT2D eigenvalue weighted by Crippen LogP contribution is -2.41. The highest BCUT2D eigenvalue weighted by atomic mass is 35.5. The first kappa shape index (κ1) is 11.1. The normalized spacial score (nSPS) is 15.3. The predicted molar refractivity (Wildman–Crippen MR) is 65.7 cm³/mol. The first-order valence-corrected chi connectivity index (χ1v) is 5.65. The van der Waals surface area contributed by atoms with Gasteiger partial charge in [0, 0.05) is 11.7 Å². The van der Waals surface area contributed by atoms with Crippen molar-refractivity contribution in [3.63, 3.8) is 0 Å². The Kier molecular flexibility index (Phi) is 3.19. The molecule has 0 heterocycles. The first-order valence-electron chi connectivity index (χ1n) is 5.27. The van der Waals surface area contributed by atoms with Gasteiger partial charge in [0.15, 0.2) is 0 Å². The minimum Gasteiger partial charge on any atom is -0.397 e. The van der Waals surface area contributed by atoms with E-state index >= 15 is 0 Å². The molecule has 1 aliphatic rings. The standard InChI is InChI=1S/C11H14ClN3O/c12-9-5-4-8(6-10(9)13)15-11(16)14-7-2-1-3-7/h4-7H,1-3,13H2,(H2,14,15,16). The number of urea groups is 1. The Morgan fingerprint density at radius 3 is 2.75 bits per heavy atom. The van der Waals surface area contributed by atoms with Gasteiger partial charge >= 0.3 is 6.03 Å². The summed E-state index contributed by atoms with van der Waals surface area (Å²) in [5.41, 5.74) is 6.74. The fourth-order valence-electron chi connectivity index (χ4n) is 1.53. The highest BCUT2D eigenvalue weighted by Crippen LogP contribution is 2.22. The molecule has 2 amide bonds. The quantitative estimate of drug-likeness (QED) is 0.695. The van der Waals surface area contributed by atoms with Crippen molar-refractivity contribution in [3.8, 4) is 0 Å². The smallest absolute Gasteiger partial charge is 0.319 e. The number of hydrogen-bond donors (Lipinski definition) is 3. The second-order valence-electron chi connectivity index (χ2n) is 3.96. The highest BCUT2D eigenvalue weighted by Gasteiger charge is 2.19. The van der Waals surface area contributed by atoms with Crippen LogP contribution in [0, 0.1) is 0 Å². The van der Waals surface area contributed by atoms with Crippen molar-refractivity contribution >= 4 is 29.0 Å². The first-order chi connectivity index (χ1) is 7.65. The molecule has 0 saturated heterocycles. The third-order valence-electron chi connectivity index (χ3n) is 2.69. The van der Waals surface area contributed by atoms with Gasteiger partial charge in [-0.25, -0.2) is 4.79 Å². The molecule has 0 aromatic heterocycles. The van der Waals surface area contributed by atoms with Crippen molar-refractivity contribution in [1.29, 1.82) is 0 Å². The number of nitrogens with two attached hydrogens (primary N) is 1. The van der Waals surface area contributed by atoms with E-state index in [4.69, 9.17) is 17.3 Å². The van der Waals surface area contributed by atoms with Crippen LogP contribution in [0.1, 0.15) is 19.3 Å². The minimum atomic E-state index is -0.188. The molecule has 0 unspecified atom stereocenters. The molecule has 0 atom stereocenters. The summed E-state index contributed by atoms with van der Waals surface area (Å²) in [6.07, 6.45) is 3.32. The maximum absolute atomic E-state index is 11.5. The van der Waals surface area contributed by atoms with Gasteiger partial charge in [0.1, 0.15) is 0 Å². The Morgan fingerprint density at radius 1 is 1.44 bits per heavy atom. The summed E-state index contributed by atoms with van der Waals surface area (Å²) in [6, 6.07) is 5.16. The van der Waals surface area contributed by atoms with Crippen LogP contribution in [-0.2, 0) is 0 Å². The molecule has 1 aromatic rings. The van der Waals surface area contributed by atoms with Crippen LogP contribution >= 0.6 is 11.6 Å². The van der Waals surface area contributed by atoms with Gasteiger partial charge in [-0.15, -0.1) is 0 Å². The molecule has 1 aromatic carbocycles. The van der Waals surface area contributed by atoms with E-state index in [1.165, 1.54) is 6.42 Å². The predicted octanol–water partition coefficient (Wildman–Crippen LogP) is 2.60. The molecule has 16 heavy (non-hydrogen) atoms. The number of carbonyl (C=O) groups excluding carboxylic acids is 1. The third kappa shape index (κ3) is 2.58. The SMILES string of the molecule is Nc1cc(NC(=O)NC2CCC2)ccc1Cl. The number of nitrogen functional groups attached to an aromatic ring is 1. The molecule has 0 radical (unpaired) electrons. The number of amides is 2. The Bertz CT molecular complexity index is 404. The van der Waals surface area contributed by atoms with Gasteiger partial charge in [-0.1, -0.05) is 11.6 Å². The molecular weight excluding hydrogens is 226 g/mol.